The molecule has 1 aliphatic heterocycles. The van der Waals surface area contributed by atoms with Gasteiger partial charge in [0.15, 0.2) is 5.78 Å². The van der Waals surface area contributed by atoms with Crippen LogP contribution in [0.5, 0.6) is 0 Å². The molecule has 1 fully saturated rings. The SMILES string of the molecule is C=C1CC=C(c2ccc(/C=C/CC/C=C(/CC)CCC)cc2)C=C1/C(=C\C=NC)N1CC/C=C(\C(=O)C2CC2)CCC1. The topological polar surface area (TPSA) is 32.7 Å². The van der Waals surface area contributed by atoms with Crippen LogP contribution in [-0.4, -0.2) is 37.0 Å². The summed E-state index contributed by atoms with van der Waals surface area (Å²) in [4.78, 5) is 19.4. The monoisotopic (exact) mass is 562 g/mol. The highest BCUT2D eigenvalue weighted by Gasteiger charge is 2.31. The van der Waals surface area contributed by atoms with E-state index in [4.69, 9.17) is 0 Å². The number of hydrogen-bond donors (Lipinski definition) is 0. The molecular formula is C39H50N2O. The number of nitrogens with zero attached hydrogens (tertiary/aromatic N) is 2. The minimum Gasteiger partial charge on any atom is -0.371 e. The third kappa shape index (κ3) is 9.02. The Labute approximate surface area is 254 Å². The van der Waals surface area contributed by atoms with Crippen molar-refractivity contribution in [1.82, 2.24) is 4.90 Å². The molecule has 0 bridgehead atoms. The first-order valence-corrected chi connectivity index (χ1v) is 16.2. The predicted molar refractivity (Wildman–Crippen MR) is 182 cm³/mol. The zero-order valence-electron chi connectivity index (χ0n) is 26.2. The summed E-state index contributed by atoms with van der Waals surface area (Å²) >= 11 is 0. The van der Waals surface area contributed by atoms with Crippen molar-refractivity contribution >= 4 is 23.6 Å². The Morgan fingerprint density at radius 2 is 1.90 bits per heavy atom. The third-order valence-corrected chi connectivity index (χ3v) is 8.52. The molecule has 222 valence electrons. The van der Waals surface area contributed by atoms with E-state index in [2.05, 4.69) is 97.1 Å². The molecule has 42 heavy (non-hydrogen) atoms. The molecule has 1 aromatic carbocycles. The van der Waals surface area contributed by atoms with Crippen LogP contribution in [0.15, 0.2) is 100 Å². The average Bonchev–Trinajstić information content (AvgIpc) is 3.84. The van der Waals surface area contributed by atoms with Crippen molar-refractivity contribution in [2.75, 3.05) is 20.1 Å². The van der Waals surface area contributed by atoms with Crippen molar-refractivity contribution in [3.05, 3.63) is 106 Å². The predicted octanol–water partition coefficient (Wildman–Crippen LogP) is 9.86. The van der Waals surface area contributed by atoms with Crippen molar-refractivity contribution in [3.8, 4) is 0 Å². The zero-order valence-corrected chi connectivity index (χ0v) is 26.2. The lowest BCUT2D eigenvalue weighted by atomic mass is 9.88. The summed E-state index contributed by atoms with van der Waals surface area (Å²) in [6.45, 7) is 10.8. The number of rotatable bonds is 13. The van der Waals surface area contributed by atoms with Gasteiger partial charge in [0.1, 0.15) is 0 Å². The molecule has 0 spiro atoms. The minimum absolute atomic E-state index is 0.306. The first-order chi connectivity index (χ1) is 20.5. The third-order valence-electron chi connectivity index (χ3n) is 8.52. The van der Waals surface area contributed by atoms with Gasteiger partial charge in [-0.15, -0.1) is 0 Å². The molecule has 3 nitrogen and oxygen atoms in total. The number of ketones is 1. The van der Waals surface area contributed by atoms with Crippen molar-refractivity contribution in [3.63, 3.8) is 0 Å². The first kappa shape index (κ1) is 31.5. The van der Waals surface area contributed by atoms with Gasteiger partial charge in [-0.25, -0.2) is 0 Å². The van der Waals surface area contributed by atoms with E-state index in [0.29, 0.717) is 11.7 Å². The van der Waals surface area contributed by atoms with Crippen molar-refractivity contribution < 1.29 is 4.79 Å². The van der Waals surface area contributed by atoms with Crippen LogP contribution in [0.2, 0.25) is 0 Å². The largest absolute Gasteiger partial charge is 0.371 e. The van der Waals surface area contributed by atoms with Crippen LogP contribution in [0.25, 0.3) is 11.6 Å². The van der Waals surface area contributed by atoms with Crippen LogP contribution in [0.4, 0.5) is 0 Å². The number of aliphatic imine (C=N–C) groups is 1. The fourth-order valence-corrected chi connectivity index (χ4v) is 5.90. The number of Topliss-reactive ketones (excluding diaryl/α,β-unsaturated/α-hetero) is 1. The van der Waals surface area contributed by atoms with Gasteiger partial charge in [-0.1, -0.05) is 87.1 Å². The van der Waals surface area contributed by atoms with E-state index in [0.717, 1.165) is 75.6 Å². The van der Waals surface area contributed by atoms with Crippen LogP contribution in [0, 0.1) is 5.92 Å². The van der Waals surface area contributed by atoms with E-state index in [1.807, 2.05) is 13.3 Å². The molecule has 1 heterocycles. The fraction of sp³-hybridized carbons (Fsp3) is 0.436. The summed E-state index contributed by atoms with van der Waals surface area (Å²) < 4.78 is 0. The van der Waals surface area contributed by atoms with Gasteiger partial charge in [0.05, 0.1) is 0 Å². The summed E-state index contributed by atoms with van der Waals surface area (Å²) in [5, 5.41) is 0. The van der Waals surface area contributed by atoms with Gasteiger partial charge in [-0.05, 0) is 104 Å². The molecule has 0 amide bonds. The number of hydrogen-bond acceptors (Lipinski definition) is 3. The number of benzene rings is 1. The Balaban J connectivity index is 1.44. The molecule has 1 aromatic rings. The standard InChI is InChI=1S/C39H50N2O/c1-5-12-31(6-2)13-8-7-9-14-32-18-21-33(22-19-32)36-20-17-30(3)37(29-36)38(25-26-40-4)41-27-10-15-34(16-11-28-41)39(42)35-23-24-35/h9,13-15,18-22,25-26,29,35H,3,5-8,10-12,16-17,23-24,27-28H2,1-2,4H3/b14-9+,31-13-,34-15-,38-25+,40-26?. The normalized spacial score (nSPS) is 20.3. The van der Waals surface area contributed by atoms with Gasteiger partial charge in [-0.3, -0.25) is 9.79 Å². The maximum atomic E-state index is 12.7. The van der Waals surface area contributed by atoms with Crippen molar-refractivity contribution in [2.24, 2.45) is 10.9 Å². The second-order valence-electron chi connectivity index (χ2n) is 11.8. The molecule has 0 radical (unpaired) electrons. The summed E-state index contributed by atoms with van der Waals surface area (Å²) in [5.41, 5.74) is 9.87. The highest BCUT2D eigenvalue weighted by Crippen LogP contribution is 2.36. The Bertz CT molecular complexity index is 1310. The number of unbranched alkanes of at least 4 members (excludes halogenated alkanes) is 1. The second kappa shape index (κ2) is 16.2. The summed E-state index contributed by atoms with van der Waals surface area (Å²) in [6, 6.07) is 8.92. The lowest BCUT2D eigenvalue weighted by Crippen LogP contribution is -2.29. The molecule has 3 aliphatic rings. The Kier molecular flexibility index (Phi) is 12.2. The molecule has 4 rings (SSSR count). The molecule has 0 atom stereocenters. The minimum atomic E-state index is 0.306. The van der Waals surface area contributed by atoms with Crippen LogP contribution < -0.4 is 0 Å². The Hall–Kier alpha value is -3.46. The van der Waals surface area contributed by atoms with Crippen molar-refractivity contribution in [1.29, 1.82) is 0 Å². The molecule has 0 N–H and O–H groups in total. The van der Waals surface area contributed by atoms with Crippen LogP contribution in [0.3, 0.4) is 0 Å². The highest BCUT2D eigenvalue weighted by atomic mass is 16.1. The van der Waals surface area contributed by atoms with E-state index >= 15 is 0 Å². The fourth-order valence-electron chi connectivity index (χ4n) is 5.90. The van der Waals surface area contributed by atoms with E-state index in [1.165, 1.54) is 47.2 Å². The van der Waals surface area contributed by atoms with Crippen molar-refractivity contribution in [2.45, 2.75) is 84.5 Å². The lowest BCUT2D eigenvalue weighted by molar-refractivity contribution is -0.116. The zero-order chi connectivity index (χ0) is 29.7. The second-order valence-corrected chi connectivity index (χ2v) is 11.8. The van der Waals surface area contributed by atoms with E-state index < -0.39 is 0 Å². The maximum Gasteiger partial charge on any atom is 0.161 e. The molecule has 3 heteroatoms. The smallest absolute Gasteiger partial charge is 0.161 e. The maximum absolute atomic E-state index is 12.7. The number of carbonyl (C=O) groups excluding carboxylic acids is 1. The molecule has 1 saturated carbocycles. The van der Waals surface area contributed by atoms with Gasteiger partial charge in [-0.2, -0.15) is 0 Å². The molecule has 0 saturated heterocycles. The molecule has 0 unspecified atom stereocenters. The molecule has 2 aliphatic carbocycles. The number of allylic oxidation sites excluding steroid dienone is 9. The Morgan fingerprint density at radius 3 is 2.62 bits per heavy atom. The van der Waals surface area contributed by atoms with E-state index in [-0.39, 0.29) is 0 Å². The van der Waals surface area contributed by atoms with Gasteiger partial charge in [0, 0.05) is 43.5 Å². The van der Waals surface area contributed by atoms with Gasteiger partial charge < -0.3 is 4.90 Å². The van der Waals surface area contributed by atoms with Crippen LogP contribution in [-0.2, 0) is 4.79 Å². The van der Waals surface area contributed by atoms with Gasteiger partial charge in [0.2, 0.25) is 0 Å². The van der Waals surface area contributed by atoms with Crippen LogP contribution >= 0.6 is 0 Å². The molecule has 0 aromatic heterocycles. The summed E-state index contributed by atoms with van der Waals surface area (Å²) in [5.74, 6) is 0.711. The summed E-state index contributed by atoms with van der Waals surface area (Å²) in [7, 11) is 1.82. The average molecular weight is 563 g/mol. The first-order valence-electron chi connectivity index (χ1n) is 16.2. The molecular weight excluding hydrogens is 512 g/mol. The van der Waals surface area contributed by atoms with Crippen LogP contribution in [0.1, 0.15) is 95.6 Å². The highest BCUT2D eigenvalue weighted by molar-refractivity contribution is 5.98. The lowest BCUT2D eigenvalue weighted by Gasteiger charge is -2.32. The quantitative estimate of drug-likeness (QED) is 0.136. The van der Waals surface area contributed by atoms with Gasteiger partial charge in [0.25, 0.3) is 0 Å². The number of carbonyl (C=O) groups is 1. The summed E-state index contributed by atoms with van der Waals surface area (Å²) in [6.07, 6.45) is 29.3. The Morgan fingerprint density at radius 1 is 1.10 bits per heavy atom. The van der Waals surface area contributed by atoms with E-state index in [1.54, 1.807) is 5.57 Å². The van der Waals surface area contributed by atoms with E-state index in [9.17, 15) is 4.79 Å². The van der Waals surface area contributed by atoms with Gasteiger partial charge >= 0.3 is 0 Å².